The Morgan fingerprint density at radius 1 is 1.79 bits per heavy atom. The maximum atomic E-state index is 11.1. The molecule has 1 N–H and O–H groups in total. The fourth-order valence-corrected chi connectivity index (χ4v) is 1.20. The Morgan fingerprint density at radius 3 is 2.93 bits per heavy atom. The zero-order valence-corrected chi connectivity index (χ0v) is 8.52. The third-order valence-electron chi connectivity index (χ3n) is 1.88. The van der Waals surface area contributed by atoms with E-state index in [9.17, 15) is 9.90 Å². The first-order valence-corrected chi connectivity index (χ1v) is 4.34. The third-order valence-corrected chi connectivity index (χ3v) is 1.88. The lowest BCUT2D eigenvalue weighted by Crippen LogP contribution is -2.08. The molecule has 14 heavy (non-hydrogen) atoms. The zero-order valence-electron chi connectivity index (χ0n) is 8.52. The molecule has 0 radical (unpaired) electrons. The number of aromatic nitrogens is 2. The van der Waals surface area contributed by atoms with Crippen LogP contribution in [0.25, 0.3) is 0 Å². The highest BCUT2D eigenvalue weighted by molar-refractivity contribution is 5.87. The van der Waals surface area contributed by atoms with E-state index in [4.69, 9.17) is 0 Å². The summed E-state index contributed by atoms with van der Waals surface area (Å²) < 4.78 is 6.10. The van der Waals surface area contributed by atoms with Gasteiger partial charge in [-0.3, -0.25) is 4.68 Å². The summed E-state index contributed by atoms with van der Waals surface area (Å²) in [6.45, 7) is 1.69. The highest BCUT2D eigenvalue weighted by atomic mass is 16.5. The van der Waals surface area contributed by atoms with Crippen molar-refractivity contribution < 1.29 is 14.6 Å². The largest absolute Gasteiger partial charge is 0.464 e. The van der Waals surface area contributed by atoms with Gasteiger partial charge < -0.3 is 9.84 Å². The molecule has 0 spiro atoms. The molecular formula is C9H14N2O3. The second-order valence-electron chi connectivity index (χ2n) is 3.19. The van der Waals surface area contributed by atoms with E-state index in [-0.39, 0.29) is 5.69 Å². The van der Waals surface area contributed by atoms with E-state index in [1.54, 1.807) is 24.7 Å². The smallest absolute Gasteiger partial charge is 0.358 e. The number of methoxy groups -OCH3 is 1. The van der Waals surface area contributed by atoms with Gasteiger partial charge in [-0.15, -0.1) is 0 Å². The van der Waals surface area contributed by atoms with Gasteiger partial charge in [-0.2, -0.15) is 5.10 Å². The quantitative estimate of drug-likeness (QED) is 0.701. The topological polar surface area (TPSA) is 64.3 Å². The van der Waals surface area contributed by atoms with Crippen LogP contribution in [-0.2, 0) is 18.2 Å². The molecule has 1 aromatic heterocycles. The van der Waals surface area contributed by atoms with Crippen LogP contribution in [-0.4, -0.2) is 34.1 Å². The number of aryl methyl sites for hydroxylation is 1. The lowest BCUT2D eigenvalue weighted by atomic mass is 10.2. The Labute approximate surface area is 82.3 Å². The molecule has 0 bridgehead atoms. The highest BCUT2D eigenvalue weighted by Gasteiger charge is 2.13. The summed E-state index contributed by atoms with van der Waals surface area (Å²) in [6, 6.07) is 1.62. The van der Waals surface area contributed by atoms with Crippen molar-refractivity contribution in [3.63, 3.8) is 0 Å². The monoisotopic (exact) mass is 198 g/mol. The van der Waals surface area contributed by atoms with Gasteiger partial charge in [-0.05, 0) is 13.0 Å². The van der Waals surface area contributed by atoms with Crippen molar-refractivity contribution >= 4 is 5.97 Å². The second-order valence-corrected chi connectivity index (χ2v) is 3.19. The Hall–Kier alpha value is -1.36. The lowest BCUT2D eigenvalue weighted by Gasteiger charge is -2.02. The molecule has 1 heterocycles. The summed E-state index contributed by atoms with van der Waals surface area (Å²) in [5, 5.41) is 13.1. The number of hydrogen-bond donors (Lipinski definition) is 1. The van der Waals surface area contributed by atoms with Crippen LogP contribution in [0.4, 0.5) is 0 Å². The van der Waals surface area contributed by atoms with Gasteiger partial charge in [0.25, 0.3) is 0 Å². The van der Waals surface area contributed by atoms with Crippen molar-refractivity contribution in [3.8, 4) is 0 Å². The maximum Gasteiger partial charge on any atom is 0.358 e. The van der Waals surface area contributed by atoms with Gasteiger partial charge in [0, 0.05) is 19.2 Å². The van der Waals surface area contributed by atoms with Crippen molar-refractivity contribution in [1.82, 2.24) is 9.78 Å². The maximum absolute atomic E-state index is 11.1. The molecule has 5 heteroatoms. The molecule has 0 saturated heterocycles. The van der Waals surface area contributed by atoms with E-state index in [2.05, 4.69) is 9.84 Å². The standard InChI is InChI=1S/C9H14N2O3/c1-6(12)4-7-5-8(9(13)14-3)10-11(7)2/h5-6,12H,4H2,1-3H3/t6-/m1/s1. The minimum atomic E-state index is -0.461. The molecule has 0 unspecified atom stereocenters. The Morgan fingerprint density at radius 2 is 2.43 bits per heavy atom. The summed E-state index contributed by atoms with van der Waals surface area (Å²) in [4.78, 5) is 11.1. The third kappa shape index (κ3) is 2.32. The van der Waals surface area contributed by atoms with Gasteiger partial charge in [0.15, 0.2) is 5.69 Å². The van der Waals surface area contributed by atoms with Crippen LogP contribution < -0.4 is 0 Å². The van der Waals surface area contributed by atoms with Gasteiger partial charge in [0.1, 0.15) is 0 Å². The number of carbonyl (C=O) groups is 1. The fourth-order valence-electron chi connectivity index (χ4n) is 1.20. The van der Waals surface area contributed by atoms with Gasteiger partial charge in [0.2, 0.25) is 0 Å². The molecule has 0 saturated carbocycles. The van der Waals surface area contributed by atoms with Crippen LogP contribution in [0, 0.1) is 0 Å². The lowest BCUT2D eigenvalue weighted by molar-refractivity contribution is 0.0593. The van der Waals surface area contributed by atoms with Gasteiger partial charge in [-0.1, -0.05) is 0 Å². The van der Waals surface area contributed by atoms with Crippen LogP contribution in [0.5, 0.6) is 0 Å². The SMILES string of the molecule is COC(=O)c1cc(C[C@@H](C)O)n(C)n1. The second kappa shape index (κ2) is 4.23. The number of carbonyl (C=O) groups excluding carboxylic acids is 1. The predicted molar refractivity (Wildman–Crippen MR) is 49.9 cm³/mol. The van der Waals surface area contributed by atoms with E-state index in [1.165, 1.54) is 7.11 Å². The number of hydrogen-bond acceptors (Lipinski definition) is 4. The van der Waals surface area contributed by atoms with Crippen LogP contribution in [0.3, 0.4) is 0 Å². The molecule has 1 rings (SSSR count). The number of aliphatic hydroxyl groups is 1. The summed E-state index contributed by atoms with van der Waals surface area (Å²) in [5.74, 6) is -0.461. The first kappa shape index (κ1) is 10.7. The zero-order chi connectivity index (χ0) is 10.7. The van der Waals surface area contributed by atoms with E-state index < -0.39 is 12.1 Å². The molecule has 0 aliphatic heterocycles. The molecule has 0 amide bonds. The number of nitrogens with zero attached hydrogens (tertiary/aromatic N) is 2. The van der Waals surface area contributed by atoms with Crippen LogP contribution in [0.1, 0.15) is 23.1 Å². The van der Waals surface area contributed by atoms with E-state index in [1.807, 2.05) is 0 Å². The van der Waals surface area contributed by atoms with Crippen LogP contribution in [0.2, 0.25) is 0 Å². The Bertz CT molecular complexity index is 331. The number of ether oxygens (including phenoxy) is 1. The van der Waals surface area contributed by atoms with Crippen LogP contribution >= 0.6 is 0 Å². The first-order chi connectivity index (χ1) is 6.54. The van der Waals surface area contributed by atoms with E-state index in [0.29, 0.717) is 6.42 Å². The summed E-state index contributed by atoms with van der Waals surface area (Å²) in [7, 11) is 3.04. The molecule has 1 aromatic rings. The molecule has 0 aromatic carbocycles. The van der Waals surface area contributed by atoms with Crippen molar-refractivity contribution in [3.05, 3.63) is 17.5 Å². The minimum Gasteiger partial charge on any atom is -0.464 e. The first-order valence-electron chi connectivity index (χ1n) is 4.34. The molecular weight excluding hydrogens is 184 g/mol. The van der Waals surface area contributed by atoms with Crippen molar-refractivity contribution in [2.24, 2.45) is 7.05 Å². The molecule has 78 valence electrons. The average Bonchev–Trinajstić information content (AvgIpc) is 2.46. The number of aliphatic hydroxyl groups excluding tert-OH is 1. The summed E-state index contributed by atoms with van der Waals surface area (Å²) >= 11 is 0. The molecule has 0 aliphatic rings. The molecule has 0 aliphatic carbocycles. The van der Waals surface area contributed by atoms with Crippen molar-refractivity contribution in [1.29, 1.82) is 0 Å². The Balaban J connectivity index is 2.87. The number of esters is 1. The van der Waals surface area contributed by atoms with Crippen LogP contribution in [0.15, 0.2) is 6.07 Å². The van der Waals surface area contributed by atoms with Crippen molar-refractivity contribution in [2.75, 3.05) is 7.11 Å². The Kier molecular flexibility index (Phi) is 3.24. The van der Waals surface area contributed by atoms with E-state index in [0.717, 1.165) is 5.69 Å². The predicted octanol–water partition coefficient (Wildman–Crippen LogP) is 0.130. The van der Waals surface area contributed by atoms with Gasteiger partial charge >= 0.3 is 5.97 Å². The summed E-state index contributed by atoms with van der Waals surface area (Å²) in [6.07, 6.45) is 0.0245. The normalized spacial score (nSPS) is 12.6. The van der Waals surface area contributed by atoms with Gasteiger partial charge in [0.05, 0.1) is 13.2 Å². The van der Waals surface area contributed by atoms with Gasteiger partial charge in [-0.25, -0.2) is 4.79 Å². The molecule has 5 nitrogen and oxygen atoms in total. The number of rotatable bonds is 3. The van der Waals surface area contributed by atoms with Crippen molar-refractivity contribution in [2.45, 2.75) is 19.4 Å². The summed E-state index contributed by atoms with van der Waals surface area (Å²) in [5.41, 5.74) is 1.08. The molecule has 1 atom stereocenters. The van der Waals surface area contributed by atoms with E-state index >= 15 is 0 Å². The minimum absolute atomic E-state index is 0.269. The fraction of sp³-hybridized carbons (Fsp3) is 0.556. The molecule has 0 fully saturated rings. The average molecular weight is 198 g/mol. The highest BCUT2D eigenvalue weighted by Crippen LogP contribution is 2.06.